The molecule has 158 valence electrons. The summed E-state index contributed by atoms with van der Waals surface area (Å²) in [6.45, 7) is 9.16. The second-order valence-corrected chi connectivity index (χ2v) is 8.28. The number of carbonyl (C=O) groups is 1. The number of hydrogen-bond donors (Lipinski definition) is 1. The van der Waals surface area contributed by atoms with Gasteiger partial charge in [0.15, 0.2) is 11.6 Å². The van der Waals surface area contributed by atoms with E-state index in [1.54, 1.807) is 18.3 Å². The first-order valence-corrected chi connectivity index (χ1v) is 10.2. The van der Waals surface area contributed by atoms with Crippen molar-refractivity contribution in [2.24, 2.45) is 0 Å². The second-order valence-electron chi connectivity index (χ2n) is 8.28. The van der Waals surface area contributed by atoms with Crippen LogP contribution in [0.15, 0.2) is 42.6 Å². The molecule has 0 saturated carbocycles. The molecule has 0 saturated heterocycles. The molecule has 30 heavy (non-hydrogen) atoms. The van der Waals surface area contributed by atoms with E-state index in [1.807, 2.05) is 28.9 Å². The highest BCUT2D eigenvalue weighted by Gasteiger charge is 2.21. The van der Waals surface area contributed by atoms with Gasteiger partial charge in [0.2, 0.25) is 0 Å². The summed E-state index contributed by atoms with van der Waals surface area (Å²) in [5.41, 5.74) is 2.26. The molecule has 1 aromatic carbocycles. The quantitative estimate of drug-likeness (QED) is 0.548. The molecule has 0 bridgehead atoms. The van der Waals surface area contributed by atoms with Crippen LogP contribution in [0, 0.1) is 0 Å². The van der Waals surface area contributed by atoms with E-state index in [1.165, 1.54) is 0 Å². The van der Waals surface area contributed by atoms with Crippen LogP contribution < -0.4 is 4.74 Å². The number of aromatic nitrogens is 4. The van der Waals surface area contributed by atoms with Crippen LogP contribution in [-0.2, 0) is 18.4 Å². The van der Waals surface area contributed by atoms with Crippen molar-refractivity contribution in [3.05, 3.63) is 59.8 Å². The van der Waals surface area contributed by atoms with Gasteiger partial charge in [0.25, 0.3) is 0 Å². The molecule has 2 aromatic heterocycles. The van der Waals surface area contributed by atoms with Crippen LogP contribution in [0.3, 0.4) is 0 Å². The van der Waals surface area contributed by atoms with E-state index in [2.05, 4.69) is 32.7 Å². The molecule has 2 heterocycles. The Kier molecular flexibility index (Phi) is 6.50. The Morgan fingerprint density at radius 2 is 1.90 bits per heavy atom. The number of ether oxygens (including phenoxy) is 1. The van der Waals surface area contributed by atoms with Crippen LogP contribution >= 0.6 is 0 Å². The van der Waals surface area contributed by atoms with Crippen LogP contribution in [0.25, 0.3) is 11.3 Å². The van der Waals surface area contributed by atoms with Crippen LogP contribution in [0.1, 0.15) is 57.7 Å². The smallest absolute Gasteiger partial charge is 0.449 e. The van der Waals surface area contributed by atoms with Crippen molar-refractivity contribution in [1.82, 2.24) is 19.7 Å². The first-order chi connectivity index (χ1) is 14.3. The molecule has 7 heteroatoms. The summed E-state index contributed by atoms with van der Waals surface area (Å²) in [5.74, 6) is 2.08. The summed E-state index contributed by atoms with van der Waals surface area (Å²) in [6, 6.07) is 11.1. The summed E-state index contributed by atoms with van der Waals surface area (Å²) in [5, 5.41) is 13.7. The summed E-state index contributed by atoms with van der Waals surface area (Å²) in [4.78, 5) is 20.0. The van der Waals surface area contributed by atoms with Gasteiger partial charge in [-0.25, -0.2) is 14.5 Å². The zero-order chi connectivity index (χ0) is 21.7. The lowest BCUT2D eigenvalue weighted by Gasteiger charge is -2.12. The number of aryl methyl sites for hydroxylation is 1. The molecular weight excluding hydrogens is 380 g/mol. The molecule has 0 spiro atoms. The third-order valence-corrected chi connectivity index (χ3v) is 4.70. The summed E-state index contributed by atoms with van der Waals surface area (Å²) < 4.78 is 6.84. The lowest BCUT2D eigenvalue weighted by molar-refractivity contribution is 0.144. The Hall–Kier alpha value is -3.22. The van der Waals surface area contributed by atoms with Gasteiger partial charge in [-0.15, -0.1) is 0 Å². The van der Waals surface area contributed by atoms with E-state index >= 15 is 0 Å². The van der Waals surface area contributed by atoms with Crippen LogP contribution in [0.5, 0.6) is 5.75 Å². The van der Waals surface area contributed by atoms with Crippen molar-refractivity contribution in [1.29, 1.82) is 0 Å². The monoisotopic (exact) mass is 408 g/mol. The maximum absolute atomic E-state index is 10.9. The fraction of sp³-hybridized carbons (Fsp3) is 0.391. The Morgan fingerprint density at radius 3 is 2.53 bits per heavy atom. The van der Waals surface area contributed by atoms with Gasteiger partial charge in [-0.3, -0.25) is 4.98 Å². The predicted octanol–water partition coefficient (Wildman–Crippen LogP) is 5.09. The maximum Gasteiger partial charge on any atom is 0.511 e. The number of carboxylic acid groups (broad SMARTS) is 1. The van der Waals surface area contributed by atoms with E-state index in [-0.39, 0.29) is 11.2 Å². The fourth-order valence-corrected chi connectivity index (χ4v) is 3.06. The normalized spacial score (nSPS) is 11.5. The number of unbranched alkanes of at least 4 members (excludes halogenated alkanes) is 1. The van der Waals surface area contributed by atoms with E-state index in [9.17, 15) is 4.79 Å². The van der Waals surface area contributed by atoms with Gasteiger partial charge in [0.1, 0.15) is 11.5 Å². The van der Waals surface area contributed by atoms with Gasteiger partial charge in [-0.05, 0) is 24.1 Å². The first-order valence-electron chi connectivity index (χ1n) is 10.2. The van der Waals surface area contributed by atoms with Crippen LogP contribution in [0.2, 0.25) is 0 Å². The molecule has 0 radical (unpaired) electrons. The molecule has 0 amide bonds. The number of nitrogens with zero attached hydrogens (tertiary/aromatic N) is 4. The first kappa shape index (κ1) is 21.5. The van der Waals surface area contributed by atoms with E-state index in [0.29, 0.717) is 12.2 Å². The van der Waals surface area contributed by atoms with Crippen LogP contribution in [-0.4, -0.2) is 31.0 Å². The minimum atomic E-state index is -1.36. The van der Waals surface area contributed by atoms with Crippen LogP contribution in [0.4, 0.5) is 4.79 Å². The Labute approximate surface area is 176 Å². The number of rotatable bonds is 7. The predicted molar refractivity (Wildman–Crippen MR) is 115 cm³/mol. The average molecular weight is 409 g/mol. The topological polar surface area (TPSA) is 90.1 Å². The lowest BCUT2D eigenvalue weighted by Crippen LogP contribution is -2.14. The Bertz CT molecular complexity index is 1000. The Morgan fingerprint density at radius 1 is 1.17 bits per heavy atom. The molecule has 3 aromatic rings. The molecule has 0 aliphatic carbocycles. The van der Waals surface area contributed by atoms with Crippen molar-refractivity contribution in [2.75, 3.05) is 0 Å². The summed E-state index contributed by atoms with van der Waals surface area (Å²) in [7, 11) is 0. The fourth-order valence-electron chi connectivity index (χ4n) is 3.06. The lowest BCUT2D eigenvalue weighted by atomic mass is 9.96. The summed E-state index contributed by atoms with van der Waals surface area (Å²) in [6.07, 6.45) is 3.34. The standard InChI is InChI=1S/C23H28N4O3/c1-5-6-9-19-25-21(23(2,3)4)26-27(19)15-16-10-12-17(13-11-16)20-18(30-22(28)29)8-7-14-24-20/h7-8,10-14H,5-6,9,15H2,1-4H3,(H,28,29). The van der Waals surface area contributed by atoms with Crippen molar-refractivity contribution < 1.29 is 14.6 Å². The van der Waals surface area contributed by atoms with Gasteiger partial charge < -0.3 is 9.84 Å². The van der Waals surface area contributed by atoms with Crippen molar-refractivity contribution >= 4 is 6.16 Å². The van der Waals surface area contributed by atoms with Gasteiger partial charge in [0, 0.05) is 23.6 Å². The highest BCUT2D eigenvalue weighted by Crippen LogP contribution is 2.28. The highest BCUT2D eigenvalue weighted by atomic mass is 16.7. The largest absolute Gasteiger partial charge is 0.511 e. The van der Waals surface area contributed by atoms with Gasteiger partial charge in [0.05, 0.1) is 6.54 Å². The highest BCUT2D eigenvalue weighted by molar-refractivity contribution is 5.71. The zero-order valence-electron chi connectivity index (χ0n) is 17.9. The minimum absolute atomic E-state index is 0.102. The SMILES string of the molecule is CCCCc1nc(C(C)(C)C)nn1Cc1ccc(-c2ncccc2OC(=O)O)cc1. The molecule has 0 unspecified atom stereocenters. The van der Waals surface area contributed by atoms with Gasteiger partial charge >= 0.3 is 6.16 Å². The summed E-state index contributed by atoms with van der Waals surface area (Å²) >= 11 is 0. The van der Waals surface area contributed by atoms with Gasteiger partial charge in [-0.1, -0.05) is 58.4 Å². The number of hydrogen-bond acceptors (Lipinski definition) is 5. The van der Waals surface area contributed by atoms with E-state index < -0.39 is 6.16 Å². The molecule has 0 atom stereocenters. The molecule has 0 fully saturated rings. The van der Waals surface area contributed by atoms with E-state index in [0.717, 1.165) is 42.0 Å². The third-order valence-electron chi connectivity index (χ3n) is 4.70. The van der Waals surface area contributed by atoms with Crippen molar-refractivity contribution in [3.8, 4) is 17.0 Å². The Balaban J connectivity index is 1.85. The number of benzene rings is 1. The minimum Gasteiger partial charge on any atom is -0.449 e. The second kappa shape index (κ2) is 9.07. The van der Waals surface area contributed by atoms with E-state index in [4.69, 9.17) is 19.9 Å². The van der Waals surface area contributed by atoms with Crippen molar-refractivity contribution in [2.45, 2.75) is 58.9 Å². The van der Waals surface area contributed by atoms with Gasteiger partial charge in [-0.2, -0.15) is 5.10 Å². The van der Waals surface area contributed by atoms with Crippen molar-refractivity contribution in [3.63, 3.8) is 0 Å². The molecule has 1 N–H and O–H groups in total. The number of pyridine rings is 1. The molecule has 0 aliphatic rings. The zero-order valence-corrected chi connectivity index (χ0v) is 17.9. The molecule has 0 aliphatic heterocycles. The molecule has 7 nitrogen and oxygen atoms in total. The average Bonchev–Trinajstić information content (AvgIpc) is 3.10. The maximum atomic E-state index is 10.9. The molecule has 3 rings (SSSR count). The molecular formula is C23H28N4O3. The third kappa shape index (κ3) is 5.23.